The Kier molecular flexibility index (Phi) is 2.57. The predicted octanol–water partition coefficient (Wildman–Crippen LogP) is 1.12. The third kappa shape index (κ3) is 1.45. The molecule has 62 valence electrons. The van der Waals surface area contributed by atoms with Crippen LogP contribution >= 0.6 is 10.5 Å². The summed E-state index contributed by atoms with van der Waals surface area (Å²) in [5, 5.41) is 0. The summed E-state index contributed by atoms with van der Waals surface area (Å²) in [6, 6.07) is 0. The first-order valence-electron chi connectivity index (χ1n) is 3.49. The lowest BCUT2D eigenvalue weighted by molar-refractivity contribution is 0.138. The van der Waals surface area contributed by atoms with E-state index in [1.165, 1.54) is 0 Å². The molecule has 3 nitrogen and oxygen atoms in total. The molecule has 0 amide bonds. The summed E-state index contributed by atoms with van der Waals surface area (Å²) in [4.78, 5) is 0. The molecule has 0 aromatic heterocycles. The number of rotatable bonds is 1. The van der Waals surface area contributed by atoms with Crippen LogP contribution in [-0.2, 0) is 4.74 Å². The highest BCUT2D eigenvalue weighted by Crippen LogP contribution is 2.47. The van der Waals surface area contributed by atoms with E-state index in [2.05, 4.69) is 0 Å². The Morgan fingerprint density at radius 1 is 1.70 bits per heavy atom. The van der Waals surface area contributed by atoms with Gasteiger partial charge in [0, 0.05) is 12.3 Å². The lowest BCUT2D eigenvalue weighted by atomic mass is 10.7. The van der Waals surface area contributed by atoms with Gasteiger partial charge in [0.1, 0.15) is 5.94 Å². The molecule has 1 aliphatic rings. The van der Waals surface area contributed by atoms with E-state index in [0.717, 1.165) is 18.9 Å². The number of ether oxygens (including phenoxy) is 1. The third-order valence-electron chi connectivity index (χ3n) is 1.87. The zero-order valence-electron chi connectivity index (χ0n) is 6.54. The number of likely N-dealkylation sites (N-methyl/N-ethyl adjacent to an activating group) is 1. The molecule has 0 aliphatic carbocycles. The zero-order valence-corrected chi connectivity index (χ0v) is 7.36. The molecular weight excluding hydrogens is 150 g/mol. The second-order valence-electron chi connectivity index (χ2n) is 2.47. The molecule has 0 aromatic rings. The van der Waals surface area contributed by atoms with E-state index >= 15 is 0 Å². The van der Waals surface area contributed by atoms with Gasteiger partial charge in [-0.25, -0.2) is 4.31 Å². The van der Waals surface area contributed by atoms with E-state index in [9.17, 15) is 4.55 Å². The van der Waals surface area contributed by atoms with Crippen LogP contribution in [0.1, 0.15) is 6.92 Å². The lowest BCUT2D eigenvalue weighted by Gasteiger charge is -2.44. The highest BCUT2D eigenvalue weighted by atomic mass is 32.3. The summed E-state index contributed by atoms with van der Waals surface area (Å²) < 4.78 is 17.0. The van der Waals surface area contributed by atoms with E-state index in [4.69, 9.17) is 4.74 Å². The van der Waals surface area contributed by atoms with Gasteiger partial charge in [0.25, 0.3) is 0 Å². The zero-order chi connectivity index (χ0) is 7.61. The first-order chi connectivity index (χ1) is 4.69. The molecule has 1 fully saturated rings. The Hall–Kier alpha value is 0.230. The maximum absolute atomic E-state index is 9.83. The Morgan fingerprint density at radius 3 is 2.80 bits per heavy atom. The molecule has 10 heavy (non-hydrogen) atoms. The van der Waals surface area contributed by atoms with Gasteiger partial charge in [-0.1, -0.05) is 17.4 Å². The molecule has 4 heteroatoms. The number of hydrogen-bond acceptors (Lipinski definition) is 3. The van der Waals surface area contributed by atoms with Crippen LogP contribution in [0.5, 0.6) is 0 Å². The summed E-state index contributed by atoms with van der Waals surface area (Å²) in [7, 11) is 0.414. The fourth-order valence-electron chi connectivity index (χ4n) is 0.949. The standard InChI is InChI=1S/C6H15NO2S/c1-3-10(8)6-9-5-4-7(10)2/h8H,3-6H2,1-2H3. The summed E-state index contributed by atoms with van der Waals surface area (Å²) in [5.41, 5.74) is 0. The van der Waals surface area contributed by atoms with Crippen LogP contribution in [0.4, 0.5) is 0 Å². The average Bonchev–Trinajstić information content (AvgIpc) is 1.96. The maximum atomic E-state index is 9.83. The Bertz CT molecular complexity index is 122. The van der Waals surface area contributed by atoms with Crippen LogP contribution in [0.2, 0.25) is 0 Å². The van der Waals surface area contributed by atoms with Crippen LogP contribution in [0.3, 0.4) is 0 Å². The smallest absolute Gasteiger partial charge is 0.110 e. The summed E-state index contributed by atoms with van der Waals surface area (Å²) in [6.07, 6.45) is 0. The van der Waals surface area contributed by atoms with E-state index in [0.29, 0.717) is 5.94 Å². The normalized spacial score (nSPS) is 42.7. The van der Waals surface area contributed by atoms with Crippen molar-refractivity contribution in [3.8, 4) is 0 Å². The van der Waals surface area contributed by atoms with E-state index in [-0.39, 0.29) is 0 Å². The minimum Gasteiger partial charge on any atom is -0.368 e. The van der Waals surface area contributed by atoms with Gasteiger partial charge in [-0.2, -0.15) is 0 Å². The van der Waals surface area contributed by atoms with Crippen molar-refractivity contribution in [2.75, 3.05) is 31.9 Å². The topological polar surface area (TPSA) is 32.7 Å². The second-order valence-corrected chi connectivity index (χ2v) is 5.51. The third-order valence-corrected chi connectivity index (χ3v) is 4.68. The fraction of sp³-hybridized carbons (Fsp3) is 1.00. The maximum Gasteiger partial charge on any atom is 0.110 e. The number of nitrogens with zero attached hydrogens (tertiary/aromatic N) is 1. The predicted molar refractivity (Wildman–Crippen MR) is 44.2 cm³/mol. The molecule has 1 rings (SSSR count). The van der Waals surface area contributed by atoms with Gasteiger partial charge in [0.2, 0.25) is 0 Å². The van der Waals surface area contributed by atoms with Crippen molar-refractivity contribution in [1.29, 1.82) is 0 Å². The molecule has 1 N–H and O–H groups in total. The molecule has 1 aliphatic heterocycles. The Balaban J connectivity index is 2.54. The largest absolute Gasteiger partial charge is 0.368 e. The molecule has 0 bridgehead atoms. The first kappa shape index (κ1) is 8.33. The first-order valence-corrected chi connectivity index (χ1v) is 5.38. The second kappa shape index (κ2) is 3.09. The van der Waals surface area contributed by atoms with E-state index < -0.39 is 10.5 Å². The highest BCUT2D eigenvalue weighted by Gasteiger charge is 2.27. The molecule has 1 heterocycles. The van der Waals surface area contributed by atoms with Crippen molar-refractivity contribution < 1.29 is 9.29 Å². The highest BCUT2D eigenvalue weighted by molar-refractivity contribution is 8.27. The van der Waals surface area contributed by atoms with Gasteiger partial charge in [0.05, 0.1) is 6.61 Å². The van der Waals surface area contributed by atoms with Crippen LogP contribution in [0.25, 0.3) is 0 Å². The minimum absolute atomic E-state index is 0.528. The van der Waals surface area contributed by atoms with Crippen molar-refractivity contribution >= 4 is 10.5 Å². The molecular formula is C6H15NO2S. The van der Waals surface area contributed by atoms with Crippen LogP contribution in [0, 0.1) is 0 Å². The molecule has 0 aromatic carbocycles. The van der Waals surface area contributed by atoms with Crippen molar-refractivity contribution in [1.82, 2.24) is 4.31 Å². The Labute approximate surface area is 63.6 Å². The van der Waals surface area contributed by atoms with E-state index in [1.54, 1.807) is 0 Å². The van der Waals surface area contributed by atoms with E-state index in [1.807, 2.05) is 18.3 Å². The van der Waals surface area contributed by atoms with Crippen molar-refractivity contribution in [3.63, 3.8) is 0 Å². The van der Waals surface area contributed by atoms with Gasteiger partial charge in [-0.15, -0.1) is 0 Å². The van der Waals surface area contributed by atoms with Crippen LogP contribution in [0.15, 0.2) is 0 Å². The molecule has 0 spiro atoms. The van der Waals surface area contributed by atoms with Gasteiger partial charge in [-0.3, -0.25) is 0 Å². The van der Waals surface area contributed by atoms with Crippen LogP contribution < -0.4 is 0 Å². The molecule has 0 saturated carbocycles. The van der Waals surface area contributed by atoms with Gasteiger partial charge in [0.15, 0.2) is 0 Å². The fourth-order valence-corrected chi connectivity index (χ4v) is 2.54. The molecule has 1 unspecified atom stereocenters. The summed E-state index contributed by atoms with van der Waals surface area (Å²) in [6.45, 7) is 3.62. The summed E-state index contributed by atoms with van der Waals surface area (Å²) >= 11 is 0. The van der Waals surface area contributed by atoms with Gasteiger partial charge < -0.3 is 9.29 Å². The number of hydrogen-bond donors (Lipinski definition) is 1. The lowest BCUT2D eigenvalue weighted by Crippen LogP contribution is -2.36. The Morgan fingerprint density at radius 2 is 2.40 bits per heavy atom. The molecule has 0 radical (unpaired) electrons. The minimum atomic E-state index is -1.55. The van der Waals surface area contributed by atoms with Crippen molar-refractivity contribution in [3.05, 3.63) is 0 Å². The van der Waals surface area contributed by atoms with Gasteiger partial charge in [-0.05, 0) is 7.05 Å². The molecule has 1 saturated heterocycles. The quantitative estimate of drug-likeness (QED) is 0.632. The monoisotopic (exact) mass is 165 g/mol. The van der Waals surface area contributed by atoms with Crippen LogP contribution in [-0.4, -0.2) is 40.7 Å². The average molecular weight is 165 g/mol. The van der Waals surface area contributed by atoms with Crippen molar-refractivity contribution in [2.45, 2.75) is 6.92 Å². The van der Waals surface area contributed by atoms with Crippen molar-refractivity contribution in [2.24, 2.45) is 0 Å². The van der Waals surface area contributed by atoms with Gasteiger partial charge >= 0.3 is 0 Å². The molecule has 1 atom stereocenters. The SMILES string of the molecule is CCS1(O)COCCN1C. The summed E-state index contributed by atoms with van der Waals surface area (Å²) in [5.74, 6) is 1.34.